The molecule has 4 rings (SSSR count). The fraction of sp³-hybridized carbons (Fsp3) is 0.0323. The molecule has 4 aromatic rings. The van der Waals surface area contributed by atoms with E-state index in [9.17, 15) is 14.4 Å². The zero-order valence-electron chi connectivity index (χ0n) is 20.6. The molecule has 0 heterocycles. The molecule has 0 radical (unpaired) electrons. The molecule has 0 saturated heterocycles. The molecule has 38 heavy (non-hydrogen) atoms. The summed E-state index contributed by atoms with van der Waals surface area (Å²) in [6.07, 6.45) is 4.40. The standard InChI is InChI=1S/C31H25N3O4/c1-22-14-17-24(18-15-22)30(36)33-27-12-7-11-25(20-27)31(37)34-32-21-26-10-5-6-13-28(26)38-29(35)19-16-23-8-3-2-4-9-23/h2-21H,1H3,(H,33,36)(H,34,37)/b19-16+,32-21?. The van der Waals surface area contributed by atoms with Gasteiger partial charge in [0.05, 0.1) is 6.21 Å². The summed E-state index contributed by atoms with van der Waals surface area (Å²) in [6.45, 7) is 1.95. The van der Waals surface area contributed by atoms with Crippen LogP contribution < -0.4 is 15.5 Å². The molecule has 0 bridgehead atoms. The first kappa shape index (κ1) is 25.8. The Morgan fingerprint density at radius 2 is 1.50 bits per heavy atom. The third-order valence-corrected chi connectivity index (χ3v) is 5.41. The van der Waals surface area contributed by atoms with Gasteiger partial charge in [-0.2, -0.15) is 5.10 Å². The molecule has 4 aromatic carbocycles. The van der Waals surface area contributed by atoms with E-state index < -0.39 is 11.9 Å². The van der Waals surface area contributed by atoms with E-state index >= 15 is 0 Å². The molecule has 0 fully saturated rings. The average Bonchev–Trinajstić information content (AvgIpc) is 2.94. The van der Waals surface area contributed by atoms with Gasteiger partial charge in [0.2, 0.25) is 0 Å². The van der Waals surface area contributed by atoms with Crippen LogP contribution in [0.5, 0.6) is 5.75 Å². The SMILES string of the molecule is Cc1ccc(C(=O)Nc2cccc(C(=O)NN=Cc3ccccc3OC(=O)/C=C/c3ccccc3)c2)cc1. The molecular weight excluding hydrogens is 478 g/mol. The molecule has 2 amide bonds. The largest absolute Gasteiger partial charge is 0.423 e. The van der Waals surface area contributed by atoms with Gasteiger partial charge in [0.25, 0.3) is 11.8 Å². The van der Waals surface area contributed by atoms with Crippen molar-refractivity contribution >= 4 is 35.8 Å². The van der Waals surface area contributed by atoms with Crippen molar-refractivity contribution < 1.29 is 19.1 Å². The van der Waals surface area contributed by atoms with E-state index in [0.29, 0.717) is 28.1 Å². The number of hydrogen-bond acceptors (Lipinski definition) is 5. The number of esters is 1. The lowest BCUT2D eigenvalue weighted by Gasteiger charge is -2.08. The van der Waals surface area contributed by atoms with E-state index in [1.54, 1.807) is 66.7 Å². The van der Waals surface area contributed by atoms with Crippen LogP contribution >= 0.6 is 0 Å². The lowest BCUT2D eigenvalue weighted by molar-refractivity contribution is -0.128. The van der Waals surface area contributed by atoms with Crippen molar-refractivity contribution in [1.29, 1.82) is 0 Å². The van der Waals surface area contributed by atoms with Crippen LogP contribution in [0.1, 0.15) is 37.4 Å². The maximum absolute atomic E-state index is 12.6. The molecule has 0 aliphatic heterocycles. The number of nitrogens with one attached hydrogen (secondary N) is 2. The van der Waals surface area contributed by atoms with E-state index in [0.717, 1.165) is 11.1 Å². The second-order valence-electron chi connectivity index (χ2n) is 8.30. The van der Waals surface area contributed by atoms with E-state index in [-0.39, 0.29) is 5.91 Å². The first-order valence-corrected chi connectivity index (χ1v) is 11.8. The lowest BCUT2D eigenvalue weighted by Crippen LogP contribution is -2.18. The highest BCUT2D eigenvalue weighted by Crippen LogP contribution is 2.17. The molecule has 2 N–H and O–H groups in total. The Morgan fingerprint density at radius 1 is 0.763 bits per heavy atom. The summed E-state index contributed by atoms with van der Waals surface area (Å²) in [5.74, 6) is -0.976. The minimum atomic E-state index is -0.539. The minimum absolute atomic E-state index is 0.273. The third kappa shape index (κ3) is 7.35. The monoisotopic (exact) mass is 503 g/mol. The number of carbonyl (C=O) groups excluding carboxylic acids is 3. The average molecular weight is 504 g/mol. The molecule has 0 saturated carbocycles. The highest BCUT2D eigenvalue weighted by Gasteiger charge is 2.10. The van der Waals surface area contributed by atoms with Crippen molar-refractivity contribution in [1.82, 2.24) is 5.43 Å². The van der Waals surface area contributed by atoms with Crippen LogP contribution in [-0.4, -0.2) is 24.0 Å². The molecular formula is C31H25N3O4. The molecule has 7 nitrogen and oxygen atoms in total. The predicted octanol–water partition coefficient (Wildman–Crippen LogP) is 5.63. The third-order valence-electron chi connectivity index (χ3n) is 5.41. The molecule has 188 valence electrons. The Balaban J connectivity index is 1.36. The van der Waals surface area contributed by atoms with Gasteiger partial charge in [-0.15, -0.1) is 0 Å². The van der Waals surface area contributed by atoms with Crippen LogP contribution in [0.15, 0.2) is 114 Å². The number of carbonyl (C=O) groups is 3. The molecule has 0 aliphatic carbocycles. The van der Waals surface area contributed by atoms with Crippen LogP contribution in [-0.2, 0) is 4.79 Å². The molecule has 0 unspecified atom stereocenters. The number of amides is 2. The second kappa shape index (κ2) is 12.6. The van der Waals surface area contributed by atoms with E-state index in [1.807, 2.05) is 49.4 Å². The van der Waals surface area contributed by atoms with Crippen LogP contribution in [0.2, 0.25) is 0 Å². The first-order valence-electron chi connectivity index (χ1n) is 11.8. The van der Waals surface area contributed by atoms with Crippen LogP contribution in [0.3, 0.4) is 0 Å². The quantitative estimate of drug-likeness (QED) is 0.107. The van der Waals surface area contributed by atoms with Gasteiger partial charge in [-0.05, 0) is 61.0 Å². The fourth-order valence-electron chi connectivity index (χ4n) is 3.42. The maximum Gasteiger partial charge on any atom is 0.336 e. The van der Waals surface area contributed by atoms with Gasteiger partial charge in [-0.25, -0.2) is 10.2 Å². The van der Waals surface area contributed by atoms with Gasteiger partial charge in [0.1, 0.15) is 5.75 Å². The van der Waals surface area contributed by atoms with Gasteiger partial charge in [-0.3, -0.25) is 9.59 Å². The van der Waals surface area contributed by atoms with Crippen molar-refractivity contribution in [2.24, 2.45) is 5.10 Å². The van der Waals surface area contributed by atoms with E-state index in [2.05, 4.69) is 15.8 Å². The topological polar surface area (TPSA) is 96.9 Å². The number of hydrazone groups is 1. The van der Waals surface area contributed by atoms with Crippen molar-refractivity contribution in [3.63, 3.8) is 0 Å². The summed E-state index contributed by atoms with van der Waals surface area (Å²) in [6, 6.07) is 30.0. The Bertz CT molecular complexity index is 1490. The summed E-state index contributed by atoms with van der Waals surface area (Å²) in [5.41, 5.74) is 6.21. The Labute approximate surface area is 220 Å². The van der Waals surface area contributed by atoms with E-state index in [1.165, 1.54) is 12.3 Å². The lowest BCUT2D eigenvalue weighted by atomic mass is 10.1. The van der Waals surface area contributed by atoms with E-state index in [4.69, 9.17) is 4.74 Å². The molecule has 7 heteroatoms. The summed E-state index contributed by atoms with van der Waals surface area (Å²) in [5, 5.41) is 6.79. The molecule has 0 spiro atoms. The predicted molar refractivity (Wildman–Crippen MR) is 148 cm³/mol. The summed E-state index contributed by atoms with van der Waals surface area (Å²) in [4.78, 5) is 37.4. The highest BCUT2D eigenvalue weighted by atomic mass is 16.5. The van der Waals surface area contributed by atoms with Gasteiger partial charge in [0, 0.05) is 28.5 Å². The van der Waals surface area contributed by atoms with Gasteiger partial charge >= 0.3 is 5.97 Å². The summed E-state index contributed by atoms with van der Waals surface area (Å²) >= 11 is 0. The molecule has 0 atom stereocenters. The summed E-state index contributed by atoms with van der Waals surface area (Å²) < 4.78 is 5.44. The number of rotatable bonds is 8. The Kier molecular flexibility index (Phi) is 8.55. The maximum atomic E-state index is 12.6. The van der Waals surface area contributed by atoms with Crippen molar-refractivity contribution in [2.75, 3.05) is 5.32 Å². The van der Waals surface area contributed by atoms with Crippen molar-refractivity contribution in [2.45, 2.75) is 6.92 Å². The number of para-hydroxylation sites is 1. The zero-order valence-corrected chi connectivity index (χ0v) is 20.6. The smallest absolute Gasteiger partial charge is 0.336 e. The van der Waals surface area contributed by atoms with Gasteiger partial charge in [-0.1, -0.05) is 66.2 Å². The van der Waals surface area contributed by atoms with Crippen molar-refractivity contribution in [3.8, 4) is 5.75 Å². The van der Waals surface area contributed by atoms with Crippen LogP contribution in [0, 0.1) is 6.92 Å². The Morgan fingerprint density at radius 3 is 2.29 bits per heavy atom. The number of hydrogen-bond donors (Lipinski definition) is 2. The number of ether oxygens (including phenoxy) is 1. The van der Waals surface area contributed by atoms with Crippen LogP contribution in [0.4, 0.5) is 5.69 Å². The number of benzene rings is 4. The first-order chi connectivity index (χ1) is 18.5. The molecule has 0 aromatic heterocycles. The second-order valence-corrected chi connectivity index (χ2v) is 8.30. The highest BCUT2D eigenvalue weighted by molar-refractivity contribution is 6.05. The normalized spacial score (nSPS) is 10.9. The number of nitrogens with zero attached hydrogens (tertiary/aromatic N) is 1. The molecule has 0 aliphatic rings. The van der Waals surface area contributed by atoms with Gasteiger partial charge in [0.15, 0.2) is 0 Å². The van der Waals surface area contributed by atoms with Crippen molar-refractivity contribution in [3.05, 3.63) is 137 Å². The number of anilines is 1. The van der Waals surface area contributed by atoms with Crippen LogP contribution in [0.25, 0.3) is 6.08 Å². The minimum Gasteiger partial charge on any atom is -0.423 e. The number of aryl methyl sites for hydroxylation is 1. The zero-order chi connectivity index (χ0) is 26.7. The summed E-state index contributed by atoms with van der Waals surface area (Å²) in [7, 11) is 0. The Hall–Kier alpha value is -5.30. The fourth-order valence-corrected chi connectivity index (χ4v) is 3.42. The van der Waals surface area contributed by atoms with Gasteiger partial charge < -0.3 is 10.1 Å².